The lowest BCUT2D eigenvalue weighted by Crippen LogP contribution is -2.33. The molecule has 0 aromatic heterocycles. The minimum atomic E-state index is -0.337. The summed E-state index contributed by atoms with van der Waals surface area (Å²) in [6.07, 6.45) is 6.92. The van der Waals surface area contributed by atoms with Crippen LogP contribution in [0.5, 0.6) is 5.75 Å². The van der Waals surface area contributed by atoms with Crippen molar-refractivity contribution in [3.63, 3.8) is 0 Å². The van der Waals surface area contributed by atoms with E-state index in [4.69, 9.17) is 16.3 Å². The second-order valence-corrected chi connectivity index (χ2v) is 7.14. The second kappa shape index (κ2) is 9.07. The van der Waals surface area contributed by atoms with Crippen LogP contribution in [-0.4, -0.2) is 18.4 Å². The van der Waals surface area contributed by atoms with E-state index in [2.05, 4.69) is 5.32 Å². The third-order valence-electron chi connectivity index (χ3n) is 4.48. The molecule has 1 aliphatic rings. The Balaban J connectivity index is 1.88. The summed E-state index contributed by atoms with van der Waals surface area (Å²) in [6.45, 7) is 3.84. The van der Waals surface area contributed by atoms with Gasteiger partial charge in [0, 0.05) is 12.8 Å². The number of carbonyl (C=O) groups excluding carboxylic acids is 2. The Morgan fingerprint density at radius 1 is 1.29 bits per heavy atom. The lowest BCUT2D eigenvalue weighted by Gasteiger charge is -2.22. The van der Waals surface area contributed by atoms with E-state index in [1.165, 1.54) is 39.0 Å². The summed E-state index contributed by atoms with van der Waals surface area (Å²) in [5.74, 6) is 0.434. The van der Waals surface area contributed by atoms with Gasteiger partial charge in [0.25, 0.3) is 0 Å². The summed E-state index contributed by atoms with van der Waals surface area (Å²) < 4.78 is 5.88. The quantitative estimate of drug-likeness (QED) is 0.838. The van der Waals surface area contributed by atoms with Gasteiger partial charge in [-0.05, 0) is 42.9 Å². The molecule has 1 atom stereocenters. The predicted molar refractivity (Wildman–Crippen MR) is 95.2 cm³/mol. The van der Waals surface area contributed by atoms with E-state index in [1.54, 1.807) is 6.92 Å². The predicted octanol–water partition coefficient (Wildman–Crippen LogP) is 4.14. The molecule has 1 aliphatic carbocycles. The fourth-order valence-electron chi connectivity index (χ4n) is 3.09. The zero-order chi connectivity index (χ0) is 17.5. The number of ether oxygens (including phenoxy) is 1. The molecular weight excluding hydrogens is 326 g/mol. The van der Waals surface area contributed by atoms with Crippen LogP contribution in [0, 0.1) is 11.8 Å². The molecule has 5 heteroatoms. The van der Waals surface area contributed by atoms with E-state index in [1.807, 2.05) is 18.2 Å². The standard InChI is InChI=1S/C19H26ClNO3/c1-13(19(23)21-14(2)22)10-16-8-9-18(17(20)11-16)24-12-15-6-4-3-5-7-15/h8-9,11,13,15H,3-7,10,12H2,1-2H3,(H,21,22,23). The minimum Gasteiger partial charge on any atom is -0.492 e. The number of halogens is 1. The monoisotopic (exact) mass is 351 g/mol. The van der Waals surface area contributed by atoms with Gasteiger partial charge in [-0.1, -0.05) is 43.9 Å². The van der Waals surface area contributed by atoms with Gasteiger partial charge in [-0.15, -0.1) is 0 Å². The number of benzene rings is 1. The summed E-state index contributed by atoms with van der Waals surface area (Å²) in [5.41, 5.74) is 0.955. The highest BCUT2D eigenvalue weighted by Gasteiger charge is 2.17. The van der Waals surface area contributed by atoms with Crippen LogP contribution >= 0.6 is 11.6 Å². The number of carbonyl (C=O) groups is 2. The zero-order valence-electron chi connectivity index (χ0n) is 14.4. The third kappa shape index (κ3) is 5.82. The summed E-state index contributed by atoms with van der Waals surface area (Å²) in [7, 11) is 0. The average molecular weight is 352 g/mol. The molecule has 4 nitrogen and oxygen atoms in total. The first kappa shape index (κ1) is 18.8. The fourth-order valence-corrected chi connectivity index (χ4v) is 3.35. The first-order chi connectivity index (χ1) is 11.5. The Bertz CT molecular complexity index is 582. The smallest absolute Gasteiger partial charge is 0.229 e. The molecule has 24 heavy (non-hydrogen) atoms. The largest absolute Gasteiger partial charge is 0.492 e. The van der Waals surface area contributed by atoms with E-state index in [-0.39, 0.29) is 17.7 Å². The molecule has 1 fully saturated rings. The molecule has 0 radical (unpaired) electrons. The van der Waals surface area contributed by atoms with Crippen molar-refractivity contribution in [3.8, 4) is 5.75 Å². The summed E-state index contributed by atoms with van der Waals surface area (Å²) in [4.78, 5) is 22.7. The van der Waals surface area contributed by atoms with Gasteiger partial charge >= 0.3 is 0 Å². The van der Waals surface area contributed by atoms with Crippen molar-refractivity contribution in [2.75, 3.05) is 6.61 Å². The summed E-state index contributed by atoms with van der Waals surface area (Å²) in [5, 5.41) is 2.88. The van der Waals surface area contributed by atoms with E-state index < -0.39 is 0 Å². The Kier molecular flexibility index (Phi) is 7.10. The van der Waals surface area contributed by atoms with Crippen LogP contribution < -0.4 is 10.1 Å². The van der Waals surface area contributed by atoms with Gasteiger partial charge in [0.05, 0.1) is 11.6 Å². The Hall–Kier alpha value is -1.55. The van der Waals surface area contributed by atoms with Gasteiger partial charge in [0.1, 0.15) is 5.75 Å². The minimum absolute atomic E-state index is 0.267. The Labute approximate surface area is 148 Å². The highest BCUT2D eigenvalue weighted by molar-refractivity contribution is 6.32. The van der Waals surface area contributed by atoms with Gasteiger partial charge in [0.2, 0.25) is 11.8 Å². The topological polar surface area (TPSA) is 55.4 Å². The van der Waals surface area contributed by atoms with Crippen molar-refractivity contribution in [1.82, 2.24) is 5.32 Å². The van der Waals surface area contributed by atoms with Crippen LogP contribution in [0.2, 0.25) is 5.02 Å². The van der Waals surface area contributed by atoms with Crippen LogP contribution in [0.15, 0.2) is 18.2 Å². The van der Waals surface area contributed by atoms with Crippen molar-refractivity contribution in [2.24, 2.45) is 11.8 Å². The maximum atomic E-state index is 11.8. The van der Waals surface area contributed by atoms with E-state index in [0.29, 0.717) is 23.1 Å². The zero-order valence-corrected chi connectivity index (χ0v) is 15.2. The number of hydrogen-bond acceptors (Lipinski definition) is 3. The lowest BCUT2D eigenvalue weighted by molar-refractivity contribution is -0.131. The van der Waals surface area contributed by atoms with Crippen molar-refractivity contribution >= 4 is 23.4 Å². The summed E-state index contributed by atoms with van der Waals surface area (Å²) in [6, 6.07) is 5.64. The van der Waals surface area contributed by atoms with Crippen LogP contribution in [-0.2, 0) is 16.0 Å². The van der Waals surface area contributed by atoms with Crippen LogP contribution in [0.25, 0.3) is 0 Å². The maximum absolute atomic E-state index is 11.8. The third-order valence-corrected chi connectivity index (χ3v) is 4.78. The molecule has 0 saturated heterocycles. The first-order valence-corrected chi connectivity index (χ1v) is 9.06. The molecule has 1 unspecified atom stereocenters. The average Bonchev–Trinajstić information content (AvgIpc) is 2.54. The maximum Gasteiger partial charge on any atom is 0.229 e. The van der Waals surface area contributed by atoms with Crippen molar-refractivity contribution < 1.29 is 14.3 Å². The number of imide groups is 1. The first-order valence-electron chi connectivity index (χ1n) is 8.68. The molecule has 1 saturated carbocycles. The number of amides is 2. The van der Waals surface area contributed by atoms with Gasteiger partial charge in [-0.3, -0.25) is 14.9 Å². The van der Waals surface area contributed by atoms with Gasteiger partial charge in [0.15, 0.2) is 0 Å². The normalized spacial score (nSPS) is 16.5. The molecule has 132 valence electrons. The number of rotatable bonds is 6. The van der Waals surface area contributed by atoms with Gasteiger partial charge < -0.3 is 4.74 Å². The van der Waals surface area contributed by atoms with Crippen molar-refractivity contribution in [3.05, 3.63) is 28.8 Å². The second-order valence-electron chi connectivity index (χ2n) is 6.73. The molecule has 0 aliphatic heterocycles. The van der Waals surface area contributed by atoms with Crippen LogP contribution in [0.1, 0.15) is 51.5 Å². The number of nitrogens with one attached hydrogen (secondary N) is 1. The molecule has 1 aromatic rings. The van der Waals surface area contributed by atoms with Gasteiger partial charge in [-0.25, -0.2) is 0 Å². The molecular formula is C19H26ClNO3. The Morgan fingerprint density at radius 2 is 2.00 bits per heavy atom. The molecule has 2 amide bonds. The molecule has 0 bridgehead atoms. The highest BCUT2D eigenvalue weighted by Crippen LogP contribution is 2.29. The van der Waals surface area contributed by atoms with E-state index in [0.717, 1.165) is 12.2 Å². The molecule has 0 spiro atoms. The molecule has 1 N–H and O–H groups in total. The van der Waals surface area contributed by atoms with E-state index >= 15 is 0 Å². The SMILES string of the molecule is CC(=O)NC(=O)C(C)Cc1ccc(OCC2CCCCC2)c(Cl)c1. The van der Waals surface area contributed by atoms with Crippen molar-refractivity contribution in [2.45, 2.75) is 52.4 Å². The lowest BCUT2D eigenvalue weighted by atomic mass is 9.90. The van der Waals surface area contributed by atoms with Crippen molar-refractivity contribution in [1.29, 1.82) is 0 Å². The number of hydrogen-bond donors (Lipinski definition) is 1. The molecule has 0 heterocycles. The molecule has 1 aromatic carbocycles. The Morgan fingerprint density at radius 3 is 2.62 bits per heavy atom. The highest BCUT2D eigenvalue weighted by atomic mass is 35.5. The fraction of sp³-hybridized carbons (Fsp3) is 0.579. The van der Waals surface area contributed by atoms with Crippen LogP contribution in [0.3, 0.4) is 0 Å². The van der Waals surface area contributed by atoms with Crippen LogP contribution in [0.4, 0.5) is 0 Å². The van der Waals surface area contributed by atoms with Gasteiger partial charge in [-0.2, -0.15) is 0 Å². The summed E-state index contributed by atoms with van der Waals surface area (Å²) >= 11 is 6.31. The molecule has 2 rings (SSSR count). The van der Waals surface area contributed by atoms with E-state index in [9.17, 15) is 9.59 Å².